The van der Waals surface area contributed by atoms with Gasteiger partial charge in [-0.05, 0) is 19.4 Å². The van der Waals surface area contributed by atoms with Crippen LogP contribution in [0.3, 0.4) is 0 Å². The SMILES string of the molecule is Cl.Cl.c1nnc(C2CCCNC2)[nH]1. The van der Waals surface area contributed by atoms with Crippen LogP contribution in [0.15, 0.2) is 6.33 Å². The zero-order valence-electron chi connectivity index (χ0n) is 7.19. The van der Waals surface area contributed by atoms with E-state index in [-0.39, 0.29) is 24.8 Å². The number of aromatic nitrogens is 3. The Balaban J connectivity index is 0.000000720. The Labute approximate surface area is 89.7 Å². The molecular weight excluding hydrogens is 211 g/mol. The predicted molar refractivity (Wildman–Crippen MR) is 55.7 cm³/mol. The van der Waals surface area contributed by atoms with Gasteiger partial charge in [-0.15, -0.1) is 35.0 Å². The van der Waals surface area contributed by atoms with E-state index in [9.17, 15) is 0 Å². The van der Waals surface area contributed by atoms with Gasteiger partial charge in [-0.1, -0.05) is 0 Å². The van der Waals surface area contributed by atoms with Crippen LogP contribution in [0, 0.1) is 0 Å². The summed E-state index contributed by atoms with van der Waals surface area (Å²) in [5.41, 5.74) is 0. The second-order valence-corrected chi connectivity index (χ2v) is 2.92. The molecule has 13 heavy (non-hydrogen) atoms. The van der Waals surface area contributed by atoms with Crippen molar-refractivity contribution in [3.8, 4) is 0 Å². The number of aromatic amines is 1. The molecule has 1 unspecified atom stereocenters. The lowest BCUT2D eigenvalue weighted by Crippen LogP contribution is -2.28. The van der Waals surface area contributed by atoms with Crippen molar-refractivity contribution in [3.63, 3.8) is 0 Å². The number of nitrogens with zero attached hydrogens (tertiary/aromatic N) is 2. The van der Waals surface area contributed by atoms with Gasteiger partial charge in [-0.25, -0.2) is 0 Å². The van der Waals surface area contributed by atoms with Gasteiger partial charge in [0.05, 0.1) is 0 Å². The van der Waals surface area contributed by atoms with Crippen molar-refractivity contribution in [2.24, 2.45) is 0 Å². The summed E-state index contributed by atoms with van der Waals surface area (Å²) in [6, 6.07) is 0. The third-order valence-electron chi connectivity index (χ3n) is 2.12. The minimum absolute atomic E-state index is 0. The molecular formula is C7H14Cl2N4. The van der Waals surface area contributed by atoms with Crippen molar-refractivity contribution in [2.45, 2.75) is 18.8 Å². The fourth-order valence-corrected chi connectivity index (χ4v) is 1.50. The summed E-state index contributed by atoms with van der Waals surface area (Å²) in [7, 11) is 0. The Bertz CT molecular complexity index is 208. The summed E-state index contributed by atoms with van der Waals surface area (Å²) in [6.45, 7) is 2.18. The van der Waals surface area contributed by atoms with Crippen LogP contribution in [0.4, 0.5) is 0 Å². The third-order valence-corrected chi connectivity index (χ3v) is 2.12. The average Bonchev–Trinajstić information content (AvgIpc) is 2.58. The number of rotatable bonds is 1. The molecule has 6 heteroatoms. The van der Waals surface area contributed by atoms with Crippen LogP contribution in [0.5, 0.6) is 0 Å². The quantitative estimate of drug-likeness (QED) is 0.752. The molecule has 0 spiro atoms. The first-order valence-electron chi connectivity index (χ1n) is 4.03. The first-order valence-corrected chi connectivity index (χ1v) is 4.03. The van der Waals surface area contributed by atoms with Crippen LogP contribution in [-0.4, -0.2) is 28.3 Å². The molecule has 0 amide bonds. The van der Waals surface area contributed by atoms with Gasteiger partial charge in [-0.2, -0.15) is 0 Å². The molecule has 0 bridgehead atoms. The Kier molecular flexibility index (Phi) is 6.03. The van der Waals surface area contributed by atoms with Gasteiger partial charge >= 0.3 is 0 Å². The lowest BCUT2D eigenvalue weighted by atomic mass is 9.99. The first-order chi connectivity index (χ1) is 5.47. The van der Waals surface area contributed by atoms with E-state index in [1.165, 1.54) is 12.8 Å². The Morgan fingerprint density at radius 3 is 2.77 bits per heavy atom. The molecule has 0 aromatic carbocycles. The molecule has 1 aromatic rings. The van der Waals surface area contributed by atoms with Crippen LogP contribution in [-0.2, 0) is 0 Å². The number of halogens is 2. The van der Waals surface area contributed by atoms with E-state index in [4.69, 9.17) is 0 Å². The smallest absolute Gasteiger partial charge is 0.134 e. The lowest BCUT2D eigenvalue weighted by molar-refractivity contribution is 0.447. The number of hydrogen-bond donors (Lipinski definition) is 2. The maximum Gasteiger partial charge on any atom is 0.134 e. The molecule has 0 aliphatic carbocycles. The molecule has 2 rings (SSSR count). The van der Waals surface area contributed by atoms with Gasteiger partial charge in [0.1, 0.15) is 12.2 Å². The monoisotopic (exact) mass is 224 g/mol. The van der Waals surface area contributed by atoms with E-state index in [1.807, 2.05) is 0 Å². The molecule has 1 atom stereocenters. The van der Waals surface area contributed by atoms with E-state index >= 15 is 0 Å². The maximum atomic E-state index is 3.99. The molecule has 2 N–H and O–H groups in total. The fraction of sp³-hybridized carbons (Fsp3) is 0.714. The third kappa shape index (κ3) is 3.14. The topological polar surface area (TPSA) is 53.6 Å². The van der Waals surface area contributed by atoms with Crippen LogP contribution >= 0.6 is 24.8 Å². The molecule has 1 fully saturated rings. The molecule has 1 saturated heterocycles. The molecule has 76 valence electrons. The molecule has 0 saturated carbocycles. The first kappa shape index (κ1) is 12.7. The van der Waals surface area contributed by atoms with Crippen LogP contribution in [0.1, 0.15) is 24.6 Å². The van der Waals surface area contributed by atoms with E-state index < -0.39 is 0 Å². The maximum absolute atomic E-state index is 3.99. The number of H-pyrrole nitrogens is 1. The van der Waals surface area contributed by atoms with E-state index in [0.29, 0.717) is 5.92 Å². The summed E-state index contributed by atoms with van der Waals surface area (Å²) >= 11 is 0. The number of nitrogens with one attached hydrogen (secondary N) is 2. The molecule has 1 aliphatic heterocycles. The van der Waals surface area contributed by atoms with Gasteiger partial charge in [-0.3, -0.25) is 0 Å². The van der Waals surface area contributed by atoms with Crippen LogP contribution < -0.4 is 5.32 Å². The van der Waals surface area contributed by atoms with Gasteiger partial charge in [0.2, 0.25) is 0 Å². The van der Waals surface area contributed by atoms with Crippen molar-refractivity contribution in [1.82, 2.24) is 20.5 Å². The normalized spacial score (nSPS) is 21.4. The zero-order valence-corrected chi connectivity index (χ0v) is 8.83. The van der Waals surface area contributed by atoms with E-state index in [2.05, 4.69) is 20.5 Å². The minimum atomic E-state index is 0. The average molecular weight is 225 g/mol. The standard InChI is InChI=1S/C7H12N4.2ClH/c1-2-6(4-8-3-1)7-9-5-10-11-7;;/h5-6,8H,1-4H2,(H,9,10,11);2*1H. The van der Waals surface area contributed by atoms with Gasteiger partial charge < -0.3 is 10.3 Å². The van der Waals surface area contributed by atoms with Crippen molar-refractivity contribution in [2.75, 3.05) is 13.1 Å². The molecule has 2 heterocycles. The summed E-state index contributed by atoms with van der Waals surface area (Å²) in [5.74, 6) is 1.57. The fourth-order valence-electron chi connectivity index (χ4n) is 1.50. The Morgan fingerprint density at radius 1 is 1.38 bits per heavy atom. The van der Waals surface area contributed by atoms with Crippen molar-refractivity contribution in [1.29, 1.82) is 0 Å². The lowest BCUT2D eigenvalue weighted by Gasteiger charge is -2.19. The highest BCUT2D eigenvalue weighted by Crippen LogP contribution is 2.18. The molecule has 1 aromatic heterocycles. The summed E-state index contributed by atoms with van der Waals surface area (Å²) in [4.78, 5) is 3.04. The zero-order chi connectivity index (χ0) is 7.52. The summed E-state index contributed by atoms with van der Waals surface area (Å²) < 4.78 is 0. The highest BCUT2D eigenvalue weighted by Gasteiger charge is 2.16. The number of hydrogen-bond acceptors (Lipinski definition) is 3. The van der Waals surface area contributed by atoms with Crippen LogP contribution in [0.25, 0.3) is 0 Å². The highest BCUT2D eigenvalue weighted by molar-refractivity contribution is 5.85. The minimum Gasteiger partial charge on any atom is -0.331 e. The molecule has 4 nitrogen and oxygen atoms in total. The second kappa shape index (κ2) is 6.18. The van der Waals surface area contributed by atoms with Gasteiger partial charge in [0.15, 0.2) is 0 Å². The van der Waals surface area contributed by atoms with Crippen molar-refractivity contribution < 1.29 is 0 Å². The van der Waals surface area contributed by atoms with E-state index in [0.717, 1.165) is 18.9 Å². The summed E-state index contributed by atoms with van der Waals surface area (Å²) in [6.07, 6.45) is 4.11. The highest BCUT2D eigenvalue weighted by atomic mass is 35.5. The Hall–Kier alpha value is -0.320. The number of piperidine rings is 1. The Morgan fingerprint density at radius 2 is 2.23 bits per heavy atom. The molecule has 0 radical (unpaired) electrons. The second-order valence-electron chi connectivity index (χ2n) is 2.92. The van der Waals surface area contributed by atoms with Gasteiger partial charge in [0.25, 0.3) is 0 Å². The molecule has 1 aliphatic rings. The van der Waals surface area contributed by atoms with Crippen LogP contribution in [0.2, 0.25) is 0 Å². The van der Waals surface area contributed by atoms with E-state index in [1.54, 1.807) is 6.33 Å². The van der Waals surface area contributed by atoms with Gasteiger partial charge in [0, 0.05) is 12.5 Å². The largest absolute Gasteiger partial charge is 0.331 e. The van der Waals surface area contributed by atoms with Crippen molar-refractivity contribution >= 4 is 24.8 Å². The van der Waals surface area contributed by atoms with Crippen molar-refractivity contribution in [3.05, 3.63) is 12.2 Å². The predicted octanol–water partition coefficient (Wildman–Crippen LogP) is 1.12. The summed E-state index contributed by atoms with van der Waals surface area (Å²) in [5, 5.41) is 11.1.